The molecular formula is C18H14BrF2N5OS. The predicted octanol–water partition coefficient (Wildman–Crippen LogP) is 4.03. The summed E-state index contributed by atoms with van der Waals surface area (Å²) in [7, 11) is 0. The average Bonchev–Trinajstić information content (AvgIpc) is 3.04. The molecule has 1 amide bonds. The van der Waals surface area contributed by atoms with Crippen molar-refractivity contribution in [2.24, 2.45) is 0 Å². The van der Waals surface area contributed by atoms with Crippen LogP contribution in [0.25, 0.3) is 0 Å². The molecule has 10 heteroatoms. The number of rotatable bonds is 3. The number of thioether (sulfide) groups is 1. The van der Waals surface area contributed by atoms with Gasteiger partial charge >= 0.3 is 0 Å². The molecule has 2 aromatic carbocycles. The van der Waals surface area contributed by atoms with Crippen LogP contribution < -0.4 is 10.7 Å². The van der Waals surface area contributed by atoms with Gasteiger partial charge in [0.05, 0.1) is 11.7 Å². The molecule has 0 saturated carbocycles. The van der Waals surface area contributed by atoms with Gasteiger partial charge in [-0.15, -0.1) is 10.2 Å². The van der Waals surface area contributed by atoms with Gasteiger partial charge in [0.2, 0.25) is 11.1 Å². The lowest BCUT2D eigenvalue weighted by molar-refractivity contribution is -0.116. The highest BCUT2D eigenvalue weighted by molar-refractivity contribution is 9.10. The van der Waals surface area contributed by atoms with Crippen LogP contribution in [0.2, 0.25) is 0 Å². The first-order chi connectivity index (χ1) is 13.4. The smallest absolute Gasteiger partial charge is 0.240 e. The molecule has 0 fully saturated rings. The van der Waals surface area contributed by atoms with E-state index in [9.17, 15) is 13.6 Å². The van der Waals surface area contributed by atoms with E-state index in [2.05, 4.69) is 36.9 Å². The maximum Gasteiger partial charge on any atom is 0.240 e. The van der Waals surface area contributed by atoms with Gasteiger partial charge in [-0.2, -0.15) is 0 Å². The number of aromatic nitrogens is 3. The van der Waals surface area contributed by atoms with Crippen LogP contribution in [-0.2, 0) is 4.79 Å². The molecule has 2 atom stereocenters. The summed E-state index contributed by atoms with van der Waals surface area (Å²) in [6.07, 6.45) is 0. The molecule has 28 heavy (non-hydrogen) atoms. The first-order valence-electron chi connectivity index (χ1n) is 8.29. The van der Waals surface area contributed by atoms with E-state index < -0.39 is 23.0 Å². The van der Waals surface area contributed by atoms with Crippen molar-refractivity contribution in [2.45, 2.75) is 23.4 Å². The van der Waals surface area contributed by atoms with Gasteiger partial charge in [-0.3, -0.25) is 4.79 Å². The van der Waals surface area contributed by atoms with Crippen molar-refractivity contribution >= 4 is 39.3 Å². The van der Waals surface area contributed by atoms with Crippen LogP contribution in [0.3, 0.4) is 0 Å². The second kappa shape index (κ2) is 7.51. The highest BCUT2D eigenvalue weighted by atomic mass is 79.9. The highest BCUT2D eigenvalue weighted by Crippen LogP contribution is 2.37. The van der Waals surface area contributed by atoms with Crippen LogP contribution >= 0.6 is 27.7 Å². The topological polar surface area (TPSA) is 71.8 Å². The minimum atomic E-state index is -0.676. The monoisotopic (exact) mass is 465 g/mol. The van der Waals surface area contributed by atoms with Crippen molar-refractivity contribution in [3.63, 3.8) is 0 Å². The number of hydrogen-bond donors (Lipinski definition) is 2. The van der Waals surface area contributed by atoms with E-state index in [0.717, 1.165) is 0 Å². The molecule has 3 aromatic rings. The number of nitrogens with zero attached hydrogens (tertiary/aromatic N) is 3. The Bertz CT molecular complexity index is 1040. The molecule has 0 bridgehead atoms. The molecule has 2 heterocycles. The summed E-state index contributed by atoms with van der Waals surface area (Å²) in [6.45, 7) is 1.78. The van der Waals surface area contributed by atoms with Crippen LogP contribution in [0.5, 0.6) is 0 Å². The number of amides is 1. The molecule has 0 aliphatic carbocycles. The fourth-order valence-electron chi connectivity index (χ4n) is 2.88. The third kappa shape index (κ3) is 3.61. The Morgan fingerprint density at radius 2 is 1.96 bits per heavy atom. The summed E-state index contributed by atoms with van der Waals surface area (Å²) in [6, 6.07) is 9.79. The van der Waals surface area contributed by atoms with Gasteiger partial charge in [0.25, 0.3) is 0 Å². The van der Waals surface area contributed by atoms with Crippen LogP contribution in [0, 0.1) is 18.6 Å². The Kier molecular flexibility index (Phi) is 5.07. The van der Waals surface area contributed by atoms with Crippen LogP contribution in [0.15, 0.2) is 52.1 Å². The number of benzene rings is 2. The Morgan fingerprint density at radius 1 is 1.21 bits per heavy atom. The van der Waals surface area contributed by atoms with E-state index in [-0.39, 0.29) is 11.5 Å². The number of aryl methyl sites for hydroxylation is 1. The van der Waals surface area contributed by atoms with Crippen molar-refractivity contribution in [1.82, 2.24) is 14.9 Å². The molecule has 0 saturated heterocycles. The number of nitrogens with one attached hydrogen (secondary N) is 2. The van der Waals surface area contributed by atoms with Crippen LogP contribution in [0.4, 0.5) is 14.5 Å². The maximum absolute atomic E-state index is 14.1. The Hall–Kier alpha value is -2.46. The van der Waals surface area contributed by atoms with Gasteiger partial charge in [0.1, 0.15) is 22.7 Å². The van der Waals surface area contributed by atoms with Crippen LogP contribution in [-0.4, -0.2) is 26.0 Å². The molecule has 0 radical (unpaired) electrons. The van der Waals surface area contributed by atoms with E-state index in [1.54, 1.807) is 29.8 Å². The summed E-state index contributed by atoms with van der Waals surface area (Å²) in [5.74, 6) is -0.687. The quantitative estimate of drug-likeness (QED) is 0.610. The van der Waals surface area contributed by atoms with Crippen molar-refractivity contribution in [2.75, 3.05) is 10.7 Å². The van der Waals surface area contributed by atoms with Gasteiger partial charge < -0.3 is 10.7 Å². The standard InChI is InChI=1S/C18H14BrF2N5OS/c1-9-23-24-18-26(9)25-15(10-2-5-12(20)6-3-10)16(28-18)17(27)22-14-7-4-11(19)8-13(14)21/h2-8,15-16,25H,1H3,(H,22,27)/t15-,16+/m0/s1. The SMILES string of the molecule is Cc1nnc2n1N[C@@H](c1ccc(F)cc1)[C@H](C(=O)Nc1ccc(Br)cc1F)S2. The first-order valence-corrected chi connectivity index (χ1v) is 9.96. The lowest BCUT2D eigenvalue weighted by atomic mass is 10.0. The van der Waals surface area contributed by atoms with E-state index in [0.29, 0.717) is 21.0 Å². The fourth-order valence-corrected chi connectivity index (χ4v) is 4.33. The third-order valence-electron chi connectivity index (χ3n) is 4.28. The van der Waals surface area contributed by atoms with E-state index in [1.807, 2.05) is 0 Å². The summed E-state index contributed by atoms with van der Waals surface area (Å²) < 4.78 is 29.8. The first kappa shape index (κ1) is 18.9. The molecule has 144 valence electrons. The number of carbonyl (C=O) groups excluding carboxylic acids is 1. The molecule has 1 aliphatic rings. The summed E-state index contributed by atoms with van der Waals surface area (Å²) in [4.78, 5) is 13.0. The molecule has 6 nitrogen and oxygen atoms in total. The maximum atomic E-state index is 14.1. The zero-order chi connectivity index (χ0) is 19.8. The van der Waals surface area contributed by atoms with Crippen molar-refractivity contribution < 1.29 is 13.6 Å². The predicted molar refractivity (Wildman–Crippen MR) is 106 cm³/mol. The van der Waals surface area contributed by atoms with E-state index in [4.69, 9.17) is 0 Å². The molecule has 1 aliphatic heterocycles. The number of halogens is 3. The minimum Gasteiger partial charge on any atom is -0.323 e. The van der Waals surface area contributed by atoms with Crippen LogP contribution in [0.1, 0.15) is 17.4 Å². The van der Waals surface area contributed by atoms with E-state index in [1.165, 1.54) is 36.0 Å². The summed E-state index contributed by atoms with van der Waals surface area (Å²) in [5, 5.41) is 10.5. The molecule has 0 spiro atoms. The zero-order valence-corrected chi connectivity index (χ0v) is 16.9. The largest absolute Gasteiger partial charge is 0.323 e. The van der Waals surface area contributed by atoms with Gasteiger partial charge in [0.15, 0.2) is 0 Å². The highest BCUT2D eigenvalue weighted by Gasteiger charge is 2.37. The van der Waals surface area contributed by atoms with Crippen molar-refractivity contribution in [3.8, 4) is 0 Å². The lowest BCUT2D eigenvalue weighted by Gasteiger charge is -2.32. The molecular weight excluding hydrogens is 452 g/mol. The van der Waals surface area contributed by atoms with Gasteiger partial charge in [-0.1, -0.05) is 39.8 Å². The van der Waals surface area contributed by atoms with E-state index >= 15 is 0 Å². The van der Waals surface area contributed by atoms with Gasteiger partial charge in [-0.05, 0) is 42.8 Å². The van der Waals surface area contributed by atoms with Gasteiger partial charge in [0, 0.05) is 4.47 Å². The fraction of sp³-hybridized carbons (Fsp3) is 0.167. The zero-order valence-electron chi connectivity index (χ0n) is 14.5. The number of hydrogen-bond acceptors (Lipinski definition) is 5. The number of carbonyl (C=O) groups is 1. The number of anilines is 1. The molecule has 4 rings (SSSR count). The normalized spacial score (nSPS) is 18.3. The Morgan fingerprint density at radius 3 is 2.68 bits per heavy atom. The summed E-state index contributed by atoms with van der Waals surface area (Å²) in [5.41, 5.74) is 4.00. The molecule has 1 aromatic heterocycles. The summed E-state index contributed by atoms with van der Waals surface area (Å²) >= 11 is 4.40. The average molecular weight is 466 g/mol. The number of fused-ring (bicyclic) bond motifs is 1. The second-order valence-electron chi connectivity index (χ2n) is 6.18. The Labute approximate surface area is 171 Å². The second-order valence-corrected chi connectivity index (χ2v) is 8.20. The van der Waals surface area contributed by atoms with Crippen molar-refractivity contribution in [3.05, 3.63) is 70.0 Å². The van der Waals surface area contributed by atoms with Gasteiger partial charge in [-0.25, -0.2) is 13.5 Å². The Balaban J connectivity index is 1.67. The van der Waals surface area contributed by atoms with Crippen molar-refractivity contribution in [1.29, 1.82) is 0 Å². The lowest BCUT2D eigenvalue weighted by Crippen LogP contribution is -2.41. The third-order valence-corrected chi connectivity index (χ3v) is 5.98. The molecule has 0 unspecified atom stereocenters. The molecule has 2 N–H and O–H groups in total. The minimum absolute atomic E-state index is 0.0786.